The summed E-state index contributed by atoms with van der Waals surface area (Å²) in [5, 5.41) is 0. The van der Waals surface area contributed by atoms with E-state index in [1.807, 2.05) is 0 Å². The molecule has 1 nitrogen and oxygen atoms in total. The van der Waals surface area contributed by atoms with Crippen LogP contribution in [0.3, 0.4) is 0 Å². The highest BCUT2D eigenvalue weighted by atomic mass is 33.1. The van der Waals surface area contributed by atoms with E-state index in [1.165, 1.54) is 38.5 Å². The first kappa shape index (κ1) is 11.7. The Kier molecular flexibility index (Phi) is 11.3. The third kappa shape index (κ3) is 10.7. The van der Waals surface area contributed by atoms with Gasteiger partial charge in [-0.05, 0) is 6.42 Å². The Morgan fingerprint density at radius 2 is 1.64 bits per heavy atom. The van der Waals surface area contributed by atoms with E-state index in [0.717, 1.165) is 16.8 Å². The van der Waals surface area contributed by atoms with Crippen LogP contribution in [-0.4, -0.2) is 10.3 Å². The SMILES string of the molecule is CCCCCCCCSSO. The maximum absolute atomic E-state index is 8.39. The molecular weight excluding hydrogens is 176 g/mol. The van der Waals surface area contributed by atoms with Crippen molar-refractivity contribution >= 4 is 21.9 Å². The van der Waals surface area contributed by atoms with Crippen LogP contribution in [-0.2, 0) is 0 Å². The van der Waals surface area contributed by atoms with Gasteiger partial charge >= 0.3 is 0 Å². The zero-order valence-corrected chi connectivity index (χ0v) is 8.85. The van der Waals surface area contributed by atoms with E-state index >= 15 is 0 Å². The first-order valence-electron chi connectivity index (χ1n) is 4.35. The second-order valence-corrected chi connectivity index (χ2v) is 4.61. The van der Waals surface area contributed by atoms with Gasteiger partial charge in [-0.25, -0.2) is 0 Å². The van der Waals surface area contributed by atoms with Gasteiger partial charge in [0.25, 0.3) is 0 Å². The van der Waals surface area contributed by atoms with E-state index in [2.05, 4.69) is 6.92 Å². The minimum atomic E-state index is 0.887. The molecule has 0 rings (SSSR count). The van der Waals surface area contributed by atoms with Crippen molar-refractivity contribution in [1.29, 1.82) is 0 Å². The second kappa shape index (κ2) is 10.7. The van der Waals surface area contributed by atoms with Crippen LogP contribution < -0.4 is 0 Å². The molecule has 1 N–H and O–H groups in total. The van der Waals surface area contributed by atoms with Gasteiger partial charge in [0.2, 0.25) is 0 Å². The van der Waals surface area contributed by atoms with E-state index in [9.17, 15) is 0 Å². The van der Waals surface area contributed by atoms with Crippen LogP contribution in [0.2, 0.25) is 0 Å². The normalized spacial score (nSPS) is 10.4. The largest absolute Gasteiger partial charge is 0.321 e. The molecule has 0 aromatic rings. The first-order chi connectivity index (χ1) is 5.41. The van der Waals surface area contributed by atoms with Crippen molar-refractivity contribution < 1.29 is 4.55 Å². The molecule has 0 heterocycles. The van der Waals surface area contributed by atoms with Crippen LogP contribution in [0.15, 0.2) is 0 Å². The van der Waals surface area contributed by atoms with Crippen molar-refractivity contribution in [3.8, 4) is 0 Å². The molecule has 3 heteroatoms. The lowest BCUT2D eigenvalue weighted by molar-refractivity contribution is 0.627. The Hall–Kier alpha value is 0.660. The van der Waals surface area contributed by atoms with Crippen LogP contribution in [0.5, 0.6) is 0 Å². The van der Waals surface area contributed by atoms with Crippen molar-refractivity contribution in [2.45, 2.75) is 45.4 Å². The van der Waals surface area contributed by atoms with Crippen LogP contribution in [0, 0.1) is 0 Å². The Bertz CT molecular complexity index is 61.1. The molecule has 11 heavy (non-hydrogen) atoms. The fourth-order valence-electron chi connectivity index (χ4n) is 0.979. The molecule has 0 atom stereocenters. The minimum absolute atomic E-state index is 0.887. The summed E-state index contributed by atoms with van der Waals surface area (Å²) in [4.78, 5) is 0. The summed E-state index contributed by atoms with van der Waals surface area (Å²) in [6.45, 7) is 2.23. The van der Waals surface area contributed by atoms with Crippen LogP contribution in [0.1, 0.15) is 45.4 Å². The predicted molar refractivity (Wildman–Crippen MR) is 56.1 cm³/mol. The topological polar surface area (TPSA) is 20.2 Å². The zero-order valence-electron chi connectivity index (χ0n) is 7.21. The van der Waals surface area contributed by atoms with Crippen LogP contribution in [0.4, 0.5) is 0 Å². The summed E-state index contributed by atoms with van der Waals surface area (Å²) in [6, 6.07) is 0. The monoisotopic (exact) mass is 194 g/mol. The maximum atomic E-state index is 8.39. The smallest absolute Gasteiger partial charge is 0.0593 e. The lowest BCUT2D eigenvalue weighted by Crippen LogP contribution is -1.80. The molecular formula is C8H18OS2. The Balaban J connectivity index is 2.69. The first-order valence-corrected chi connectivity index (χ1v) is 6.62. The van der Waals surface area contributed by atoms with E-state index in [4.69, 9.17) is 4.55 Å². The van der Waals surface area contributed by atoms with Gasteiger partial charge in [0, 0.05) is 5.75 Å². The zero-order chi connectivity index (χ0) is 8.36. The van der Waals surface area contributed by atoms with Gasteiger partial charge < -0.3 is 4.55 Å². The molecule has 0 aromatic carbocycles. The molecule has 0 saturated heterocycles. The Labute approximate surface area is 77.9 Å². The molecule has 0 fully saturated rings. The third-order valence-corrected chi connectivity index (χ3v) is 3.01. The molecule has 0 aromatic heterocycles. The lowest BCUT2D eigenvalue weighted by atomic mass is 10.1. The van der Waals surface area contributed by atoms with Crippen molar-refractivity contribution in [2.75, 3.05) is 5.75 Å². The van der Waals surface area contributed by atoms with Crippen molar-refractivity contribution in [2.24, 2.45) is 0 Å². The number of unbranched alkanes of at least 4 members (excludes halogenated alkanes) is 5. The van der Waals surface area contributed by atoms with Crippen molar-refractivity contribution in [1.82, 2.24) is 0 Å². The molecule has 0 radical (unpaired) electrons. The van der Waals surface area contributed by atoms with Gasteiger partial charge in [-0.2, -0.15) is 0 Å². The Morgan fingerprint density at radius 3 is 2.27 bits per heavy atom. The summed E-state index contributed by atoms with van der Waals surface area (Å²) >= 11 is 0.887. The van der Waals surface area contributed by atoms with E-state index in [1.54, 1.807) is 10.8 Å². The van der Waals surface area contributed by atoms with Gasteiger partial charge in [0.05, 0.1) is 11.1 Å². The van der Waals surface area contributed by atoms with Gasteiger partial charge in [-0.3, -0.25) is 0 Å². The molecule has 0 aliphatic rings. The quantitative estimate of drug-likeness (QED) is 0.355. The Morgan fingerprint density at radius 1 is 1.00 bits per heavy atom. The average Bonchev–Trinajstić information content (AvgIpc) is 2.03. The number of rotatable bonds is 8. The maximum Gasteiger partial charge on any atom is 0.0593 e. The molecule has 0 spiro atoms. The number of hydrogen-bond donors (Lipinski definition) is 1. The van der Waals surface area contributed by atoms with Gasteiger partial charge in [0.1, 0.15) is 0 Å². The van der Waals surface area contributed by atoms with Crippen LogP contribution in [0.25, 0.3) is 0 Å². The van der Waals surface area contributed by atoms with Crippen molar-refractivity contribution in [3.63, 3.8) is 0 Å². The minimum Gasteiger partial charge on any atom is -0.321 e. The molecule has 0 saturated carbocycles. The van der Waals surface area contributed by atoms with Crippen molar-refractivity contribution in [3.05, 3.63) is 0 Å². The summed E-state index contributed by atoms with van der Waals surface area (Å²) in [5.74, 6) is 1.09. The van der Waals surface area contributed by atoms with Crippen LogP contribution >= 0.6 is 21.9 Å². The summed E-state index contributed by atoms with van der Waals surface area (Å²) in [7, 11) is 1.54. The standard InChI is InChI=1S/C8H18OS2/c1-2-3-4-5-6-7-8-10-11-9/h9H,2-8H2,1H3. The molecule has 0 aliphatic carbocycles. The highest BCUT2D eigenvalue weighted by Gasteiger charge is 1.90. The summed E-state index contributed by atoms with van der Waals surface area (Å²) < 4.78 is 8.39. The lowest BCUT2D eigenvalue weighted by Gasteiger charge is -1.98. The number of hydrogen-bond acceptors (Lipinski definition) is 3. The van der Waals surface area contributed by atoms with Gasteiger partial charge in [0.15, 0.2) is 0 Å². The highest BCUT2D eigenvalue weighted by Crippen LogP contribution is 2.18. The van der Waals surface area contributed by atoms with E-state index < -0.39 is 0 Å². The molecule has 0 unspecified atom stereocenters. The molecule has 0 amide bonds. The highest BCUT2D eigenvalue weighted by molar-refractivity contribution is 8.74. The fraction of sp³-hybridized carbons (Fsp3) is 1.00. The van der Waals surface area contributed by atoms with Gasteiger partial charge in [-0.15, -0.1) is 0 Å². The molecule has 0 bridgehead atoms. The third-order valence-electron chi connectivity index (χ3n) is 1.63. The van der Waals surface area contributed by atoms with Gasteiger partial charge in [-0.1, -0.05) is 49.8 Å². The predicted octanol–water partition coefficient (Wildman–Crippen LogP) is 4.20. The fourth-order valence-corrected chi connectivity index (χ4v) is 1.95. The van der Waals surface area contributed by atoms with E-state index in [-0.39, 0.29) is 0 Å². The van der Waals surface area contributed by atoms with E-state index in [0.29, 0.717) is 0 Å². The molecule has 68 valence electrons. The molecule has 0 aliphatic heterocycles. The summed E-state index contributed by atoms with van der Waals surface area (Å²) in [5.41, 5.74) is 0. The average molecular weight is 194 g/mol. The summed E-state index contributed by atoms with van der Waals surface area (Å²) in [6.07, 6.45) is 8.02. The second-order valence-electron chi connectivity index (χ2n) is 2.66.